The number of amides is 1. The normalized spacial score (nSPS) is 17.3. The fourth-order valence-corrected chi connectivity index (χ4v) is 4.71. The Kier molecular flexibility index (Phi) is 4.83. The van der Waals surface area contributed by atoms with Crippen LogP contribution in [0.1, 0.15) is 52.5 Å². The molecule has 5 nitrogen and oxygen atoms in total. The van der Waals surface area contributed by atoms with Crippen LogP contribution in [-0.4, -0.2) is 32.1 Å². The van der Waals surface area contributed by atoms with Gasteiger partial charge < -0.3 is 4.90 Å². The van der Waals surface area contributed by atoms with Crippen LogP contribution < -0.4 is 0 Å². The van der Waals surface area contributed by atoms with E-state index in [1.165, 1.54) is 11.1 Å². The molecule has 3 heterocycles. The SMILES string of the molecule is Cc1ccc(-c2nc(C(=O)N3CCCCC3c3cnn(C)c3)cs2)c(C)c1. The Bertz CT molecular complexity index is 974. The highest BCUT2D eigenvalue weighted by molar-refractivity contribution is 7.13. The van der Waals surface area contributed by atoms with Gasteiger partial charge in [-0.3, -0.25) is 9.48 Å². The molecule has 0 saturated carbocycles. The number of carbonyl (C=O) groups excluding carboxylic acids is 1. The first-order valence-corrected chi connectivity index (χ1v) is 10.2. The maximum atomic E-state index is 13.2. The molecule has 1 atom stereocenters. The van der Waals surface area contributed by atoms with Crippen molar-refractivity contribution in [2.45, 2.75) is 39.2 Å². The number of aromatic nitrogens is 3. The summed E-state index contributed by atoms with van der Waals surface area (Å²) in [4.78, 5) is 19.9. The highest BCUT2D eigenvalue weighted by Gasteiger charge is 2.30. The van der Waals surface area contributed by atoms with Gasteiger partial charge in [0.25, 0.3) is 5.91 Å². The van der Waals surface area contributed by atoms with Crippen LogP contribution in [0.25, 0.3) is 10.6 Å². The number of hydrogen-bond donors (Lipinski definition) is 0. The summed E-state index contributed by atoms with van der Waals surface area (Å²) in [6.07, 6.45) is 7.03. The van der Waals surface area contributed by atoms with Crippen LogP contribution in [0.2, 0.25) is 0 Å². The number of benzene rings is 1. The second kappa shape index (κ2) is 7.27. The molecule has 27 heavy (non-hydrogen) atoms. The smallest absolute Gasteiger partial charge is 0.273 e. The molecule has 1 aliphatic rings. The van der Waals surface area contributed by atoms with Crippen molar-refractivity contribution < 1.29 is 4.79 Å². The van der Waals surface area contributed by atoms with Gasteiger partial charge in [-0.15, -0.1) is 11.3 Å². The van der Waals surface area contributed by atoms with E-state index >= 15 is 0 Å². The summed E-state index contributed by atoms with van der Waals surface area (Å²) >= 11 is 1.54. The molecule has 1 amide bonds. The van der Waals surface area contributed by atoms with E-state index in [0.717, 1.165) is 41.9 Å². The minimum absolute atomic E-state index is 0.0239. The number of carbonyl (C=O) groups is 1. The van der Waals surface area contributed by atoms with E-state index in [1.807, 2.05) is 29.7 Å². The van der Waals surface area contributed by atoms with Crippen LogP contribution in [-0.2, 0) is 7.05 Å². The Labute approximate surface area is 163 Å². The Hall–Kier alpha value is -2.47. The van der Waals surface area contributed by atoms with Crippen molar-refractivity contribution in [3.05, 3.63) is 58.4 Å². The van der Waals surface area contributed by atoms with Crippen LogP contribution in [0.15, 0.2) is 36.0 Å². The van der Waals surface area contributed by atoms with Gasteiger partial charge >= 0.3 is 0 Å². The Morgan fingerprint density at radius 2 is 2.11 bits per heavy atom. The summed E-state index contributed by atoms with van der Waals surface area (Å²) in [6.45, 7) is 4.95. The largest absolute Gasteiger partial charge is 0.330 e. The molecule has 0 N–H and O–H groups in total. The summed E-state index contributed by atoms with van der Waals surface area (Å²) in [7, 11) is 1.91. The Balaban J connectivity index is 1.61. The molecule has 1 unspecified atom stereocenters. The summed E-state index contributed by atoms with van der Waals surface area (Å²) in [5, 5.41) is 7.09. The highest BCUT2D eigenvalue weighted by atomic mass is 32.1. The third kappa shape index (κ3) is 3.54. The molecule has 1 aliphatic heterocycles. The van der Waals surface area contributed by atoms with Crippen molar-refractivity contribution in [3.63, 3.8) is 0 Å². The topological polar surface area (TPSA) is 51.0 Å². The van der Waals surface area contributed by atoms with Crippen molar-refractivity contribution >= 4 is 17.2 Å². The minimum atomic E-state index is 0.0239. The van der Waals surface area contributed by atoms with Crippen LogP contribution in [0, 0.1) is 13.8 Å². The van der Waals surface area contributed by atoms with E-state index in [4.69, 9.17) is 0 Å². The first kappa shape index (κ1) is 17.9. The summed E-state index contributed by atoms with van der Waals surface area (Å²) in [5.41, 5.74) is 5.18. The molecule has 6 heteroatoms. The monoisotopic (exact) mass is 380 g/mol. The van der Waals surface area contributed by atoms with Crippen molar-refractivity contribution in [1.29, 1.82) is 0 Å². The number of rotatable bonds is 3. The lowest BCUT2D eigenvalue weighted by atomic mass is 9.97. The lowest BCUT2D eigenvalue weighted by molar-refractivity contribution is 0.0606. The third-order valence-corrected chi connectivity index (χ3v) is 6.08. The maximum absolute atomic E-state index is 13.2. The molecule has 0 aliphatic carbocycles. The number of hydrogen-bond acceptors (Lipinski definition) is 4. The number of thiazole rings is 1. The molecule has 0 bridgehead atoms. The molecule has 1 aromatic carbocycles. The van der Waals surface area contributed by atoms with Crippen molar-refractivity contribution in [3.8, 4) is 10.6 Å². The summed E-state index contributed by atoms with van der Waals surface area (Å²) in [5.74, 6) is 0.0239. The van der Waals surface area contributed by atoms with Crippen LogP contribution in [0.3, 0.4) is 0 Å². The summed E-state index contributed by atoms with van der Waals surface area (Å²) < 4.78 is 1.80. The molecule has 1 saturated heterocycles. The van der Waals surface area contributed by atoms with Crippen LogP contribution in [0.4, 0.5) is 0 Å². The fourth-order valence-electron chi connectivity index (χ4n) is 3.83. The quantitative estimate of drug-likeness (QED) is 0.671. The molecular weight excluding hydrogens is 356 g/mol. The van der Waals surface area contributed by atoms with E-state index in [-0.39, 0.29) is 11.9 Å². The fraction of sp³-hybridized carbons (Fsp3) is 0.381. The first-order valence-electron chi connectivity index (χ1n) is 9.35. The average Bonchev–Trinajstić information content (AvgIpc) is 3.30. The molecule has 140 valence electrons. The van der Waals surface area contributed by atoms with E-state index in [1.54, 1.807) is 16.0 Å². The van der Waals surface area contributed by atoms with Gasteiger partial charge in [0.05, 0.1) is 12.2 Å². The van der Waals surface area contributed by atoms with Gasteiger partial charge in [0.15, 0.2) is 0 Å². The van der Waals surface area contributed by atoms with E-state index in [9.17, 15) is 4.79 Å². The lowest BCUT2D eigenvalue weighted by Crippen LogP contribution is -2.38. The van der Waals surface area contributed by atoms with Gasteiger partial charge in [-0.05, 0) is 38.7 Å². The zero-order valence-corrected chi connectivity index (χ0v) is 16.8. The average molecular weight is 381 g/mol. The van der Waals surface area contributed by atoms with Crippen molar-refractivity contribution in [2.24, 2.45) is 7.05 Å². The predicted octanol–water partition coefficient (Wildman–Crippen LogP) is 4.53. The van der Waals surface area contributed by atoms with Gasteiger partial charge in [0, 0.05) is 36.3 Å². The van der Waals surface area contributed by atoms with Crippen LogP contribution >= 0.6 is 11.3 Å². The third-order valence-electron chi connectivity index (χ3n) is 5.21. The van der Waals surface area contributed by atoms with E-state index in [0.29, 0.717) is 5.69 Å². The zero-order chi connectivity index (χ0) is 19.0. The minimum Gasteiger partial charge on any atom is -0.330 e. The second-order valence-corrected chi connectivity index (χ2v) is 8.17. The number of aryl methyl sites for hydroxylation is 3. The predicted molar refractivity (Wildman–Crippen MR) is 108 cm³/mol. The Morgan fingerprint density at radius 1 is 1.26 bits per heavy atom. The standard InChI is InChI=1S/C21H24N4OS/c1-14-7-8-17(15(2)10-14)20-23-18(13-27-20)21(26)25-9-5-4-6-19(25)16-11-22-24(3)12-16/h7-8,10-13,19H,4-6,9H2,1-3H3. The second-order valence-electron chi connectivity index (χ2n) is 7.31. The summed E-state index contributed by atoms with van der Waals surface area (Å²) in [6, 6.07) is 6.43. The van der Waals surface area contributed by atoms with E-state index in [2.05, 4.69) is 42.1 Å². The number of likely N-dealkylation sites (tertiary alicyclic amines) is 1. The number of piperidine rings is 1. The Morgan fingerprint density at radius 3 is 2.85 bits per heavy atom. The molecule has 4 rings (SSSR count). The molecular formula is C21H24N4OS. The highest BCUT2D eigenvalue weighted by Crippen LogP contribution is 2.33. The van der Waals surface area contributed by atoms with Gasteiger partial charge in [-0.2, -0.15) is 5.10 Å². The van der Waals surface area contributed by atoms with Gasteiger partial charge in [-0.1, -0.05) is 23.8 Å². The molecule has 2 aromatic heterocycles. The molecule has 0 spiro atoms. The first-order chi connectivity index (χ1) is 13.0. The van der Waals surface area contributed by atoms with E-state index < -0.39 is 0 Å². The molecule has 3 aromatic rings. The van der Waals surface area contributed by atoms with Crippen LogP contribution in [0.5, 0.6) is 0 Å². The molecule has 1 fully saturated rings. The molecule has 0 radical (unpaired) electrons. The van der Waals surface area contributed by atoms with Gasteiger partial charge in [0.1, 0.15) is 10.7 Å². The zero-order valence-electron chi connectivity index (χ0n) is 16.0. The lowest BCUT2D eigenvalue weighted by Gasteiger charge is -2.34. The van der Waals surface area contributed by atoms with Gasteiger partial charge in [0.2, 0.25) is 0 Å². The maximum Gasteiger partial charge on any atom is 0.273 e. The van der Waals surface area contributed by atoms with Gasteiger partial charge in [-0.25, -0.2) is 4.98 Å². The number of nitrogens with zero attached hydrogens (tertiary/aromatic N) is 4. The van der Waals surface area contributed by atoms with Crippen molar-refractivity contribution in [1.82, 2.24) is 19.7 Å². The van der Waals surface area contributed by atoms with Crippen molar-refractivity contribution in [2.75, 3.05) is 6.54 Å².